The summed E-state index contributed by atoms with van der Waals surface area (Å²) in [7, 11) is 0. The number of fused-ring (bicyclic) bond motifs is 1. The molecule has 8 heteroatoms. The van der Waals surface area contributed by atoms with E-state index in [0.717, 1.165) is 59.1 Å². The van der Waals surface area contributed by atoms with Crippen molar-refractivity contribution in [3.05, 3.63) is 57.9 Å². The lowest BCUT2D eigenvalue weighted by Gasteiger charge is -2.32. The smallest absolute Gasteiger partial charge is 0.225 e. The second kappa shape index (κ2) is 9.88. The minimum Gasteiger partial charge on any atom is -0.348 e. The standard InChI is InChI=1S/C26H31N5OS2/c1-4-7-21(22-9-6-15-33-22)27-25(32)19-8-5-14-30(16-19)26-28-24-23(34-26)18(3)29-31(24)20-12-10-17(2)11-13-20/h6,9-13,15,19,21H,4-5,7-8,14,16H2,1-3H3,(H,27,32). The zero-order valence-corrected chi connectivity index (χ0v) is 21.6. The van der Waals surface area contributed by atoms with Gasteiger partial charge < -0.3 is 10.2 Å². The highest BCUT2D eigenvalue weighted by molar-refractivity contribution is 7.22. The van der Waals surface area contributed by atoms with Crippen molar-refractivity contribution in [2.24, 2.45) is 5.92 Å². The third-order valence-corrected chi connectivity index (χ3v) is 8.70. The first-order chi connectivity index (χ1) is 16.5. The second-order valence-corrected chi connectivity index (χ2v) is 11.1. The molecule has 1 fully saturated rings. The van der Waals surface area contributed by atoms with E-state index in [0.29, 0.717) is 6.54 Å². The van der Waals surface area contributed by atoms with Gasteiger partial charge in [0.25, 0.3) is 0 Å². The molecule has 1 saturated heterocycles. The number of anilines is 1. The highest BCUT2D eigenvalue weighted by Gasteiger charge is 2.30. The van der Waals surface area contributed by atoms with E-state index in [1.54, 1.807) is 22.7 Å². The third kappa shape index (κ3) is 4.61. The van der Waals surface area contributed by atoms with Crippen molar-refractivity contribution < 1.29 is 4.79 Å². The third-order valence-electron chi connectivity index (χ3n) is 6.50. The average molecular weight is 494 g/mol. The van der Waals surface area contributed by atoms with E-state index < -0.39 is 0 Å². The molecule has 3 aromatic heterocycles. The molecule has 0 radical (unpaired) electrons. The number of nitrogens with zero attached hydrogens (tertiary/aromatic N) is 4. The minimum absolute atomic E-state index is 0.0187. The maximum atomic E-state index is 13.2. The number of rotatable bonds is 7. The molecule has 2 unspecified atom stereocenters. The first-order valence-corrected chi connectivity index (χ1v) is 13.7. The van der Waals surface area contributed by atoms with Gasteiger partial charge in [0.1, 0.15) is 0 Å². The van der Waals surface area contributed by atoms with E-state index in [9.17, 15) is 4.79 Å². The molecule has 1 aliphatic rings. The summed E-state index contributed by atoms with van der Waals surface area (Å²) in [5, 5.41) is 11.1. The van der Waals surface area contributed by atoms with Crippen LogP contribution in [0.15, 0.2) is 41.8 Å². The molecule has 0 aliphatic carbocycles. The van der Waals surface area contributed by atoms with Crippen LogP contribution in [0.5, 0.6) is 0 Å². The van der Waals surface area contributed by atoms with E-state index in [1.807, 2.05) is 11.6 Å². The van der Waals surface area contributed by atoms with Gasteiger partial charge in [-0.2, -0.15) is 10.1 Å². The monoisotopic (exact) mass is 493 g/mol. The van der Waals surface area contributed by atoms with Gasteiger partial charge in [0.2, 0.25) is 5.91 Å². The number of aryl methyl sites for hydroxylation is 2. The molecule has 6 nitrogen and oxygen atoms in total. The van der Waals surface area contributed by atoms with Crippen molar-refractivity contribution >= 4 is 44.1 Å². The molecule has 34 heavy (non-hydrogen) atoms. The fourth-order valence-electron chi connectivity index (χ4n) is 4.64. The van der Waals surface area contributed by atoms with Crippen molar-refractivity contribution in [1.29, 1.82) is 0 Å². The van der Waals surface area contributed by atoms with E-state index in [1.165, 1.54) is 10.4 Å². The van der Waals surface area contributed by atoms with Crippen molar-refractivity contribution in [2.75, 3.05) is 18.0 Å². The lowest BCUT2D eigenvalue weighted by atomic mass is 9.96. The number of carbonyl (C=O) groups is 1. The molecule has 0 bridgehead atoms. The number of nitrogens with one attached hydrogen (secondary N) is 1. The van der Waals surface area contributed by atoms with Gasteiger partial charge in [-0.1, -0.05) is 48.4 Å². The Morgan fingerprint density at radius 1 is 1.24 bits per heavy atom. The van der Waals surface area contributed by atoms with Crippen LogP contribution in [0.4, 0.5) is 5.13 Å². The van der Waals surface area contributed by atoms with Crippen molar-refractivity contribution in [3.8, 4) is 5.69 Å². The number of benzene rings is 1. The Morgan fingerprint density at radius 3 is 2.79 bits per heavy atom. The van der Waals surface area contributed by atoms with Gasteiger partial charge in [-0.05, 0) is 56.7 Å². The van der Waals surface area contributed by atoms with Crippen LogP contribution in [-0.2, 0) is 4.79 Å². The Bertz CT molecular complexity index is 1260. The van der Waals surface area contributed by atoms with Crippen molar-refractivity contribution in [1.82, 2.24) is 20.1 Å². The number of carbonyl (C=O) groups excluding carboxylic acids is 1. The summed E-state index contributed by atoms with van der Waals surface area (Å²) in [4.78, 5) is 21.8. The molecule has 5 rings (SSSR count). The molecule has 4 heterocycles. The Morgan fingerprint density at radius 2 is 2.06 bits per heavy atom. The van der Waals surface area contributed by atoms with Crippen LogP contribution in [0, 0.1) is 19.8 Å². The summed E-state index contributed by atoms with van der Waals surface area (Å²) in [6, 6.07) is 12.7. The number of aromatic nitrogens is 3. The normalized spacial score (nSPS) is 17.3. The zero-order valence-electron chi connectivity index (χ0n) is 20.0. The molecule has 1 amide bonds. The van der Waals surface area contributed by atoms with Crippen LogP contribution in [0.3, 0.4) is 0 Å². The minimum atomic E-state index is -0.0187. The summed E-state index contributed by atoms with van der Waals surface area (Å²) < 4.78 is 3.05. The topological polar surface area (TPSA) is 63.1 Å². The number of amides is 1. The van der Waals surface area contributed by atoms with Crippen LogP contribution < -0.4 is 10.2 Å². The fourth-order valence-corrected chi connectivity index (χ4v) is 6.48. The quantitative estimate of drug-likeness (QED) is 0.341. The van der Waals surface area contributed by atoms with Gasteiger partial charge in [-0.3, -0.25) is 4.79 Å². The Labute approximate surface area is 208 Å². The second-order valence-electron chi connectivity index (χ2n) is 9.13. The van der Waals surface area contributed by atoms with Crippen LogP contribution >= 0.6 is 22.7 Å². The Hall–Kier alpha value is -2.71. The number of hydrogen-bond acceptors (Lipinski definition) is 6. The molecule has 1 aliphatic heterocycles. The SMILES string of the molecule is CCCC(NC(=O)C1CCCN(c2nc3c(s2)c(C)nn3-c2ccc(C)cc2)C1)c1cccs1. The predicted molar refractivity (Wildman–Crippen MR) is 141 cm³/mol. The summed E-state index contributed by atoms with van der Waals surface area (Å²) in [5.41, 5.74) is 4.13. The summed E-state index contributed by atoms with van der Waals surface area (Å²) in [5.74, 6) is 0.148. The lowest BCUT2D eigenvalue weighted by molar-refractivity contribution is -0.126. The lowest BCUT2D eigenvalue weighted by Crippen LogP contribution is -2.44. The predicted octanol–water partition coefficient (Wildman–Crippen LogP) is 6.03. The average Bonchev–Trinajstić information content (AvgIpc) is 3.58. The molecule has 2 atom stereocenters. The van der Waals surface area contributed by atoms with Crippen molar-refractivity contribution in [2.45, 2.75) is 52.5 Å². The largest absolute Gasteiger partial charge is 0.348 e. The number of piperidine rings is 1. The fraction of sp³-hybridized carbons (Fsp3) is 0.423. The number of hydrogen-bond donors (Lipinski definition) is 1. The van der Waals surface area contributed by atoms with Gasteiger partial charge >= 0.3 is 0 Å². The van der Waals surface area contributed by atoms with E-state index >= 15 is 0 Å². The van der Waals surface area contributed by atoms with E-state index in [-0.39, 0.29) is 17.9 Å². The summed E-state index contributed by atoms with van der Waals surface area (Å²) in [6.07, 6.45) is 3.93. The Kier molecular flexibility index (Phi) is 6.70. The van der Waals surface area contributed by atoms with Crippen LogP contribution in [0.25, 0.3) is 16.0 Å². The molecule has 178 valence electrons. The summed E-state index contributed by atoms with van der Waals surface area (Å²) in [6.45, 7) is 7.94. The molecule has 0 spiro atoms. The molecule has 4 aromatic rings. The number of thiazole rings is 1. The molecule has 0 saturated carbocycles. The van der Waals surface area contributed by atoms with Gasteiger partial charge in [-0.15, -0.1) is 11.3 Å². The van der Waals surface area contributed by atoms with E-state index in [4.69, 9.17) is 10.1 Å². The first kappa shape index (κ1) is 23.1. The molecular formula is C26H31N5OS2. The first-order valence-electron chi connectivity index (χ1n) is 12.1. The highest BCUT2D eigenvalue weighted by atomic mass is 32.1. The Balaban J connectivity index is 1.34. The summed E-state index contributed by atoms with van der Waals surface area (Å²) >= 11 is 3.40. The zero-order chi connectivity index (χ0) is 23.7. The maximum Gasteiger partial charge on any atom is 0.225 e. The van der Waals surface area contributed by atoms with E-state index in [2.05, 4.69) is 65.8 Å². The highest BCUT2D eigenvalue weighted by Crippen LogP contribution is 2.35. The molecule has 1 aromatic carbocycles. The van der Waals surface area contributed by atoms with Crippen LogP contribution in [0.1, 0.15) is 54.8 Å². The van der Waals surface area contributed by atoms with Gasteiger partial charge in [-0.25, -0.2) is 4.68 Å². The van der Waals surface area contributed by atoms with Gasteiger partial charge in [0, 0.05) is 18.0 Å². The maximum absolute atomic E-state index is 13.2. The number of thiophene rings is 1. The van der Waals surface area contributed by atoms with Gasteiger partial charge in [0.15, 0.2) is 10.8 Å². The molecule has 1 N–H and O–H groups in total. The molecular weight excluding hydrogens is 462 g/mol. The van der Waals surface area contributed by atoms with Crippen molar-refractivity contribution in [3.63, 3.8) is 0 Å². The van der Waals surface area contributed by atoms with Gasteiger partial charge in [0.05, 0.1) is 28.0 Å². The van der Waals surface area contributed by atoms with Crippen LogP contribution in [-0.4, -0.2) is 33.8 Å². The van der Waals surface area contributed by atoms with Crippen LogP contribution in [0.2, 0.25) is 0 Å².